The van der Waals surface area contributed by atoms with Gasteiger partial charge in [-0.15, -0.1) is 0 Å². The zero-order valence-corrected chi connectivity index (χ0v) is 15.2. The molecule has 1 N–H and O–H groups in total. The van der Waals surface area contributed by atoms with Crippen molar-refractivity contribution in [1.29, 1.82) is 0 Å². The summed E-state index contributed by atoms with van der Waals surface area (Å²) >= 11 is 0. The van der Waals surface area contributed by atoms with E-state index < -0.39 is 17.0 Å². The number of carbonyl (C=O) groups excluding carboxylic acids is 1. The van der Waals surface area contributed by atoms with Crippen molar-refractivity contribution in [2.24, 2.45) is 0 Å². The minimum atomic E-state index is -0.952. The van der Waals surface area contributed by atoms with Gasteiger partial charge < -0.3 is 9.84 Å². The monoisotopic (exact) mass is 384 g/mol. The topological polar surface area (TPSA) is 80.9 Å². The molecule has 2 aromatic heterocycles. The molecule has 1 saturated carbocycles. The second-order valence-electron chi connectivity index (χ2n) is 6.82. The summed E-state index contributed by atoms with van der Waals surface area (Å²) in [5, 5.41) is 6.54. The molecule has 0 unspecified atom stereocenters. The lowest BCUT2D eigenvalue weighted by Crippen LogP contribution is -2.28. The molecular formula is C20H18F2N4O2. The normalized spacial score (nSPS) is 15.5. The molecule has 1 aliphatic rings. The summed E-state index contributed by atoms with van der Waals surface area (Å²) in [5.41, 5.74) is -0.180. The zero-order chi connectivity index (χ0) is 19.7. The van der Waals surface area contributed by atoms with Crippen LogP contribution in [0.2, 0.25) is 0 Å². The summed E-state index contributed by atoms with van der Waals surface area (Å²) in [5.74, 6) is -1.07. The summed E-state index contributed by atoms with van der Waals surface area (Å²) in [4.78, 5) is 20.1. The smallest absolute Gasteiger partial charge is 0.269 e. The van der Waals surface area contributed by atoms with E-state index in [2.05, 4.69) is 20.4 Å². The molecule has 0 aliphatic heterocycles. The fourth-order valence-corrected chi connectivity index (χ4v) is 3.84. The highest BCUT2D eigenvalue weighted by Crippen LogP contribution is 2.47. The molecule has 0 bridgehead atoms. The Bertz CT molecular complexity index is 991. The van der Waals surface area contributed by atoms with Crippen LogP contribution in [0.1, 0.15) is 47.6 Å². The second-order valence-corrected chi connectivity index (χ2v) is 6.82. The fraction of sp³-hybridized carbons (Fsp3) is 0.300. The highest BCUT2D eigenvalue weighted by Gasteiger charge is 2.45. The van der Waals surface area contributed by atoms with Crippen molar-refractivity contribution in [2.75, 3.05) is 7.05 Å². The van der Waals surface area contributed by atoms with Gasteiger partial charge in [0, 0.05) is 18.8 Å². The van der Waals surface area contributed by atoms with Crippen molar-refractivity contribution in [2.45, 2.75) is 31.1 Å². The van der Waals surface area contributed by atoms with E-state index in [-0.39, 0.29) is 28.9 Å². The molecule has 0 radical (unpaired) electrons. The Morgan fingerprint density at radius 1 is 1.14 bits per heavy atom. The van der Waals surface area contributed by atoms with E-state index in [0.717, 1.165) is 12.8 Å². The van der Waals surface area contributed by atoms with Crippen LogP contribution in [0, 0.1) is 11.6 Å². The number of pyridine rings is 1. The predicted octanol–water partition coefficient (Wildman–Crippen LogP) is 3.63. The molecule has 1 aromatic carbocycles. The molecule has 3 aromatic rings. The first-order chi connectivity index (χ1) is 13.5. The number of amides is 1. The van der Waals surface area contributed by atoms with E-state index >= 15 is 0 Å². The highest BCUT2D eigenvalue weighted by atomic mass is 19.1. The highest BCUT2D eigenvalue weighted by molar-refractivity contribution is 5.92. The average molecular weight is 384 g/mol. The number of benzene rings is 1. The summed E-state index contributed by atoms with van der Waals surface area (Å²) in [6.07, 6.45) is 4.17. The molecule has 1 fully saturated rings. The Morgan fingerprint density at radius 3 is 2.46 bits per heavy atom. The van der Waals surface area contributed by atoms with Gasteiger partial charge in [-0.25, -0.2) is 8.78 Å². The number of hydrogen-bond donors (Lipinski definition) is 1. The number of hydrogen-bond acceptors (Lipinski definition) is 5. The van der Waals surface area contributed by atoms with Gasteiger partial charge in [0.1, 0.15) is 17.3 Å². The van der Waals surface area contributed by atoms with Gasteiger partial charge in [0.2, 0.25) is 0 Å². The zero-order valence-electron chi connectivity index (χ0n) is 15.2. The predicted molar refractivity (Wildman–Crippen MR) is 96.5 cm³/mol. The van der Waals surface area contributed by atoms with Gasteiger partial charge in [-0.05, 0) is 37.1 Å². The number of carbonyl (C=O) groups is 1. The average Bonchev–Trinajstić information content (AvgIpc) is 3.38. The number of nitrogens with zero attached hydrogens (tertiary/aromatic N) is 3. The van der Waals surface area contributed by atoms with Crippen LogP contribution in [0.3, 0.4) is 0 Å². The fourth-order valence-electron chi connectivity index (χ4n) is 3.84. The maximum absolute atomic E-state index is 14.5. The lowest BCUT2D eigenvalue weighted by molar-refractivity contribution is 0.0958. The Kier molecular flexibility index (Phi) is 4.62. The number of nitrogens with one attached hydrogen (secondary N) is 1. The van der Waals surface area contributed by atoms with Crippen molar-refractivity contribution < 1.29 is 18.1 Å². The van der Waals surface area contributed by atoms with Gasteiger partial charge in [-0.3, -0.25) is 9.78 Å². The number of halogens is 2. The Balaban J connectivity index is 1.74. The molecule has 0 atom stereocenters. The minimum absolute atomic E-state index is 0.00654. The van der Waals surface area contributed by atoms with E-state index in [9.17, 15) is 13.6 Å². The molecule has 6 nitrogen and oxygen atoms in total. The first-order valence-corrected chi connectivity index (χ1v) is 9.02. The molecule has 0 spiro atoms. The molecule has 2 heterocycles. The SMILES string of the molecule is CNC(=O)c1ccc(-c2nc(C3(c4c(F)cccc4F)CCCC3)no2)cn1. The van der Waals surface area contributed by atoms with Crippen molar-refractivity contribution in [3.63, 3.8) is 0 Å². The number of rotatable bonds is 4. The van der Waals surface area contributed by atoms with Gasteiger partial charge in [-0.1, -0.05) is 24.1 Å². The first kappa shape index (κ1) is 18.2. The third-order valence-corrected chi connectivity index (χ3v) is 5.22. The molecular weight excluding hydrogens is 366 g/mol. The van der Waals surface area contributed by atoms with Crippen molar-refractivity contribution in [3.05, 3.63) is 65.2 Å². The van der Waals surface area contributed by atoms with Crippen molar-refractivity contribution >= 4 is 5.91 Å². The van der Waals surface area contributed by atoms with Crippen LogP contribution in [0.4, 0.5) is 8.78 Å². The third-order valence-electron chi connectivity index (χ3n) is 5.22. The standard InChI is InChI=1S/C20H18F2N4O2/c1-23-17(27)15-8-7-12(11-24-15)18-25-19(26-28-18)20(9-2-3-10-20)16-13(21)5-4-6-14(16)22/h4-8,11H,2-3,9-10H2,1H3,(H,23,27). The third kappa shape index (κ3) is 2.94. The lowest BCUT2D eigenvalue weighted by atomic mass is 9.77. The maximum atomic E-state index is 14.5. The Morgan fingerprint density at radius 2 is 1.86 bits per heavy atom. The quantitative estimate of drug-likeness (QED) is 0.743. The molecule has 8 heteroatoms. The summed E-state index contributed by atoms with van der Waals surface area (Å²) in [7, 11) is 1.52. The van der Waals surface area contributed by atoms with Gasteiger partial charge in [0.05, 0.1) is 11.0 Å². The van der Waals surface area contributed by atoms with Gasteiger partial charge >= 0.3 is 0 Å². The van der Waals surface area contributed by atoms with E-state index in [1.165, 1.54) is 31.4 Å². The summed E-state index contributed by atoms with van der Waals surface area (Å²) in [6.45, 7) is 0. The largest absolute Gasteiger partial charge is 0.354 e. The van der Waals surface area contributed by atoms with Crippen LogP contribution in [0.5, 0.6) is 0 Å². The van der Waals surface area contributed by atoms with E-state index in [4.69, 9.17) is 4.52 Å². The number of aromatic nitrogens is 3. The van der Waals surface area contributed by atoms with Gasteiger partial charge in [0.15, 0.2) is 5.82 Å². The maximum Gasteiger partial charge on any atom is 0.269 e. The van der Waals surface area contributed by atoms with Crippen LogP contribution in [0.15, 0.2) is 41.1 Å². The van der Waals surface area contributed by atoms with Crippen LogP contribution in [-0.2, 0) is 5.41 Å². The Labute approximate surface area is 160 Å². The van der Waals surface area contributed by atoms with Crippen LogP contribution < -0.4 is 5.32 Å². The summed E-state index contributed by atoms with van der Waals surface area (Å²) in [6, 6.07) is 7.03. The summed E-state index contributed by atoms with van der Waals surface area (Å²) < 4.78 is 34.5. The van der Waals surface area contributed by atoms with E-state index in [1.54, 1.807) is 12.1 Å². The van der Waals surface area contributed by atoms with Crippen LogP contribution in [-0.4, -0.2) is 28.1 Å². The van der Waals surface area contributed by atoms with Crippen molar-refractivity contribution in [3.8, 4) is 11.5 Å². The second kappa shape index (κ2) is 7.10. The van der Waals surface area contributed by atoms with Crippen molar-refractivity contribution in [1.82, 2.24) is 20.4 Å². The van der Waals surface area contributed by atoms with Crippen LogP contribution in [0.25, 0.3) is 11.5 Å². The first-order valence-electron chi connectivity index (χ1n) is 9.02. The molecule has 1 amide bonds. The van der Waals surface area contributed by atoms with Gasteiger partial charge in [-0.2, -0.15) is 4.98 Å². The van der Waals surface area contributed by atoms with E-state index in [0.29, 0.717) is 18.4 Å². The lowest BCUT2D eigenvalue weighted by Gasteiger charge is -2.26. The Hall–Kier alpha value is -3.16. The molecule has 28 heavy (non-hydrogen) atoms. The molecule has 4 rings (SSSR count). The molecule has 0 saturated heterocycles. The van der Waals surface area contributed by atoms with Crippen LogP contribution >= 0.6 is 0 Å². The molecule has 144 valence electrons. The van der Waals surface area contributed by atoms with Gasteiger partial charge in [0.25, 0.3) is 11.8 Å². The molecule has 1 aliphatic carbocycles. The minimum Gasteiger partial charge on any atom is -0.354 e. The van der Waals surface area contributed by atoms with E-state index in [1.807, 2.05) is 0 Å².